The molecule has 0 unspecified atom stereocenters. The maximum absolute atomic E-state index is 12.7. The first kappa shape index (κ1) is 25.5. The van der Waals surface area contributed by atoms with E-state index in [1.165, 1.54) is 21.7 Å². The second kappa shape index (κ2) is 10.9. The highest BCUT2D eigenvalue weighted by Crippen LogP contribution is 2.24. The Labute approximate surface area is 203 Å². The molecule has 0 aliphatic rings. The molecule has 0 aliphatic heterocycles. The summed E-state index contributed by atoms with van der Waals surface area (Å²) in [6.45, 7) is 8.82. The third-order valence-electron chi connectivity index (χ3n) is 5.94. The lowest BCUT2D eigenvalue weighted by molar-refractivity contribution is 0.0951. The van der Waals surface area contributed by atoms with E-state index in [0.29, 0.717) is 17.8 Å². The van der Waals surface area contributed by atoms with Gasteiger partial charge in [0.1, 0.15) is 0 Å². The second-order valence-corrected chi connectivity index (χ2v) is 10.7. The lowest BCUT2D eigenvalue weighted by Gasteiger charge is -2.23. The van der Waals surface area contributed by atoms with Crippen molar-refractivity contribution in [1.29, 1.82) is 0 Å². The van der Waals surface area contributed by atoms with Crippen molar-refractivity contribution in [3.63, 3.8) is 0 Å². The number of rotatable bonds is 9. The molecule has 1 N–H and O–H groups in total. The standard InChI is InChI=1S/C28H34N2O3S/c1-6-22-8-11-24(7-2)26(17-22)18-29-28(31)25-12-9-23(10-13-25)19-30(34(5,32)33)27-15-20(3)14-21(4)16-27/h8-17H,6-7,18-19H2,1-5H3,(H,29,31). The fourth-order valence-electron chi connectivity index (χ4n) is 4.11. The van der Waals surface area contributed by atoms with Gasteiger partial charge in [-0.15, -0.1) is 0 Å². The molecule has 0 spiro atoms. The van der Waals surface area contributed by atoms with Crippen molar-refractivity contribution < 1.29 is 13.2 Å². The van der Waals surface area contributed by atoms with Crippen LogP contribution in [0.25, 0.3) is 0 Å². The normalized spacial score (nSPS) is 11.3. The molecular formula is C28H34N2O3S. The van der Waals surface area contributed by atoms with E-state index in [2.05, 4.69) is 37.4 Å². The number of hydrogen-bond acceptors (Lipinski definition) is 3. The molecule has 180 valence electrons. The van der Waals surface area contributed by atoms with Gasteiger partial charge in [0.15, 0.2) is 0 Å². The van der Waals surface area contributed by atoms with Crippen LogP contribution in [0.4, 0.5) is 5.69 Å². The Kier molecular flexibility index (Phi) is 8.15. The predicted octanol–water partition coefficient (Wildman–Crippen LogP) is 5.32. The molecule has 0 saturated carbocycles. The van der Waals surface area contributed by atoms with Crippen LogP contribution in [0.5, 0.6) is 0 Å². The van der Waals surface area contributed by atoms with Crippen LogP contribution in [0.1, 0.15) is 57.6 Å². The van der Waals surface area contributed by atoms with Gasteiger partial charge in [0.05, 0.1) is 18.5 Å². The van der Waals surface area contributed by atoms with Gasteiger partial charge in [0.25, 0.3) is 5.91 Å². The molecule has 5 nitrogen and oxygen atoms in total. The fourth-order valence-corrected chi connectivity index (χ4v) is 4.98. The number of carbonyl (C=O) groups excluding carboxylic acids is 1. The number of nitrogens with one attached hydrogen (secondary N) is 1. The summed E-state index contributed by atoms with van der Waals surface area (Å²) in [5.74, 6) is -0.148. The molecule has 0 atom stereocenters. The topological polar surface area (TPSA) is 66.5 Å². The molecule has 34 heavy (non-hydrogen) atoms. The van der Waals surface area contributed by atoms with Crippen LogP contribution < -0.4 is 9.62 Å². The summed E-state index contributed by atoms with van der Waals surface area (Å²) < 4.78 is 26.4. The van der Waals surface area contributed by atoms with Gasteiger partial charge in [-0.05, 0) is 84.3 Å². The quantitative estimate of drug-likeness (QED) is 0.452. The van der Waals surface area contributed by atoms with Crippen LogP contribution in [0.3, 0.4) is 0 Å². The monoisotopic (exact) mass is 478 g/mol. The van der Waals surface area contributed by atoms with E-state index in [4.69, 9.17) is 0 Å². The third kappa shape index (κ3) is 6.48. The molecule has 1 amide bonds. The number of sulfonamides is 1. The molecule has 0 saturated heterocycles. The van der Waals surface area contributed by atoms with Crippen molar-refractivity contribution in [2.45, 2.75) is 53.6 Å². The van der Waals surface area contributed by atoms with E-state index in [1.54, 1.807) is 12.1 Å². The van der Waals surface area contributed by atoms with Gasteiger partial charge in [-0.3, -0.25) is 9.10 Å². The Morgan fingerprint density at radius 2 is 1.44 bits per heavy atom. The number of benzene rings is 3. The molecule has 3 aromatic carbocycles. The molecule has 3 aromatic rings. The van der Waals surface area contributed by atoms with E-state index < -0.39 is 10.0 Å². The van der Waals surface area contributed by atoms with Crippen molar-refractivity contribution in [1.82, 2.24) is 5.32 Å². The zero-order chi connectivity index (χ0) is 24.9. The summed E-state index contributed by atoms with van der Waals surface area (Å²) in [5.41, 5.74) is 7.64. The molecule has 0 aliphatic carbocycles. The summed E-state index contributed by atoms with van der Waals surface area (Å²) in [5, 5.41) is 3.02. The molecule has 0 heterocycles. The molecule has 0 radical (unpaired) electrons. The van der Waals surface area contributed by atoms with E-state index >= 15 is 0 Å². The Bertz CT molecular complexity index is 1250. The van der Waals surface area contributed by atoms with E-state index in [1.807, 2.05) is 44.2 Å². The molecule has 0 fully saturated rings. The highest BCUT2D eigenvalue weighted by atomic mass is 32.2. The van der Waals surface area contributed by atoms with Gasteiger partial charge in [-0.1, -0.05) is 50.2 Å². The Balaban J connectivity index is 1.73. The van der Waals surface area contributed by atoms with Gasteiger partial charge >= 0.3 is 0 Å². The zero-order valence-corrected chi connectivity index (χ0v) is 21.5. The lowest BCUT2D eigenvalue weighted by atomic mass is 10.0. The summed E-state index contributed by atoms with van der Waals surface area (Å²) >= 11 is 0. The van der Waals surface area contributed by atoms with Crippen molar-refractivity contribution in [3.8, 4) is 0 Å². The largest absolute Gasteiger partial charge is 0.348 e. The van der Waals surface area contributed by atoms with Crippen LogP contribution >= 0.6 is 0 Å². The molecule has 3 rings (SSSR count). The first-order valence-electron chi connectivity index (χ1n) is 11.6. The number of hydrogen-bond donors (Lipinski definition) is 1. The predicted molar refractivity (Wildman–Crippen MR) is 140 cm³/mol. The van der Waals surface area contributed by atoms with Gasteiger partial charge in [-0.25, -0.2) is 8.42 Å². The van der Waals surface area contributed by atoms with Crippen molar-refractivity contribution >= 4 is 21.6 Å². The van der Waals surface area contributed by atoms with Crippen LogP contribution in [-0.4, -0.2) is 20.6 Å². The summed E-state index contributed by atoms with van der Waals surface area (Å²) in [6.07, 6.45) is 3.09. The fraction of sp³-hybridized carbons (Fsp3) is 0.321. The zero-order valence-electron chi connectivity index (χ0n) is 20.7. The Morgan fingerprint density at radius 3 is 2.00 bits per heavy atom. The first-order valence-corrected chi connectivity index (χ1v) is 13.5. The molecule has 6 heteroatoms. The highest BCUT2D eigenvalue weighted by molar-refractivity contribution is 7.92. The van der Waals surface area contributed by atoms with E-state index in [0.717, 1.165) is 35.1 Å². The molecule has 0 bridgehead atoms. The van der Waals surface area contributed by atoms with E-state index in [9.17, 15) is 13.2 Å². The van der Waals surface area contributed by atoms with Crippen LogP contribution in [0.2, 0.25) is 0 Å². The Morgan fingerprint density at radius 1 is 0.824 bits per heavy atom. The van der Waals surface area contributed by atoms with Crippen LogP contribution in [0, 0.1) is 13.8 Å². The average Bonchev–Trinajstić information content (AvgIpc) is 2.79. The SMILES string of the molecule is CCc1ccc(CC)c(CNC(=O)c2ccc(CN(c3cc(C)cc(C)c3)S(C)(=O)=O)cc2)c1. The maximum Gasteiger partial charge on any atom is 0.251 e. The number of anilines is 1. The second-order valence-electron chi connectivity index (χ2n) is 8.81. The minimum absolute atomic E-state index is 0.148. The molecule has 0 aromatic heterocycles. The minimum Gasteiger partial charge on any atom is -0.348 e. The van der Waals surface area contributed by atoms with Gasteiger partial charge in [-0.2, -0.15) is 0 Å². The minimum atomic E-state index is -3.47. The highest BCUT2D eigenvalue weighted by Gasteiger charge is 2.19. The third-order valence-corrected chi connectivity index (χ3v) is 7.08. The summed E-state index contributed by atoms with van der Waals surface area (Å²) in [6, 6.07) is 19.3. The number of carbonyl (C=O) groups is 1. The summed E-state index contributed by atoms with van der Waals surface area (Å²) in [7, 11) is -3.47. The maximum atomic E-state index is 12.7. The number of amides is 1. The van der Waals surface area contributed by atoms with Crippen LogP contribution in [-0.2, 0) is 36.0 Å². The number of aryl methyl sites for hydroxylation is 4. The lowest BCUT2D eigenvalue weighted by Crippen LogP contribution is -2.29. The van der Waals surface area contributed by atoms with Crippen molar-refractivity contribution in [3.05, 3.63) is 99.6 Å². The van der Waals surface area contributed by atoms with Gasteiger partial charge in [0.2, 0.25) is 10.0 Å². The average molecular weight is 479 g/mol. The summed E-state index contributed by atoms with van der Waals surface area (Å²) in [4.78, 5) is 12.7. The first-order chi connectivity index (χ1) is 16.1. The number of nitrogens with zero attached hydrogens (tertiary/aromatic N) is 1. The molecular weight excluding hydrogens is 444 g/mol. The van der Waals surface area contributed by atoms with E-state index in [-0.39, 0.29) is 12.5 Å². The smallest absolute Gasteiger partial charge is 0.251 e. The van der Waals surface area contributed by atoms with Crippen LogP contribution in [0.15, 0.2) is 60.7 Å². The Hall–Kier alpha value is -3.12. The van der Waals surface area contributed by atoms with Gasteiger partial charge in [0, 0.05) is 12.1 Å². The van der Waals surface area contributed by atoms with Crippen molar-refractivity contribution in [2.24, 2.45) is 0 Å². The van der Waals surface area contributed by atoms with Crippen molar-refractivity contribution in [2.75, 3.05) is 10.6 Å². The van der Waals surface area contributed by atoms with Gasteiger partial charge < -0.3 is 5.32 Å².